The van der Waals surface area contributed by atoms with E-state index >= 15 is 0 Å². The number of benzene rings is 2. The van der Waals surface area contributed by atoms with Gasteiger partial charge in [0.05, 0.1) is 19.3 Å². The molecule has 29 heavy (non-hydrogen) atoms. The predicted octanol–water partition coefficient (Wildman–Crippen LogP) is 6.29. The molecule has 1 atom stereocenters. The largest absolute Gasteiger partial charge is 0.393 e. The van der Waals surface area contributed by atoms with E-state index in [1.807, 2.05) is 36.4 Å². The van der Waals surface area contributed by atoms with Crippen molar-refractivity contribution in [2.45, 2.75) is 77.1 Å². The lowest BCUT2D eigenvalue weighted by Crippen LogP contribution is -2.07. The van der Waals surface area contributed by atoms with E-state index in [2.05, 4.69) is 24.3 Å². The average molecular weight is 399 g/mol. The Bertz CT molecular complexity index is 600. The summed E-state index contributed by atoms with van der Waals surface area (Å²) in [6.45, 7) is 3.00. The Kier molecular flexibility index (Phi) is 13.1. The summed E-state index contributed by atoms with van der Waals surface area (Å²) in [5.74, 6) is 0. The van der Waals surface area contributed by atoms with Crippen LogP contribution in [0.25, 0.3) is 0 Å². The maximum Gasteiger partial charge on any atom is 0.0716 e. The number of aliphatic hydroxyl groups excluding tert-OH is 1. The molecule has 0 saturated heterocycles. The van der Waals surface area contributed by atoms with Gasteiger partial charge in [0.1, 0.15) is 0 Å². The molecule has 3 nitrogen and oxygen atoms in total. The van der Waals surface area contributed by atoms with Crippen LogP contribution in [0.4, 0.5) is 0 Å². The summed E-state index contributed by atoms with van der Waals surface area (Å²) < 4.78 is 11.4. The van der Waals surface area contributed by atoms with Crippen molar-refractivity contribution in [1.29, 1.82) is 0 Å². The van der Waals surface area contributed by atoms with E-state index in [1.165, 1.54) is 30.4 Å². The molecule has 0 aliphatic rings. The second-order valence-electron chi connectivity index (χ2n) is 7.78. The van der Waals surface area contributed by atoms with E-state index in [9.17, 15) is 5.11 Å². The molecule has 0 spiro atoms. The van der Waals surface area contributed by atoms with E-state index < -0.39 is 0 Å². The minimum Gasteiger partial charge on any atom is -0.393 e. The van der Waals surface area contributed by atoms with Gasteiger partial charge in [-0.05, 0) is 43.2 Å². The molecule has 0 heterocycles. The molecule has 3 heteroatoms. The molecule has 160 valence electrons. The minimum atomic E-state index is -0.154. The first kappa shape index (κ1) is 23.6. The van der Waals surface area contributed by atoms with E-state index in [4.69, 9.17) is 9.47 Å². The Morgan fingerprint density at radius 1 is 0.552 bits per heavy atom. The summed E-state index contributed by atoms with van der Waals surface area (Å²) in [4.78, 5) is 0. The number of rotatable bonds is 17. The van der Waals surface area contributed by atoms with Crippen molar-refractivity contribution in [3.8, 4) is 0 Å². The number of ether oxygens (including phenoxy) is 2. The lowest BCUT2D eigenvalue weighted by Gasteiger charge is -2.10. The minimum absolute atomic E-state index is 0.154. The van der Waals surface area contributed by atoms with Gasteiger partial charge in [0, 0.05) is 13.2 Å². The van der Waals surface area contributed by atoms with Gasteiger partial charge < -0.3 is 14.6 Å². The fraction of sp³-hybridized carbons (Fsp3) is 0.538. The molecule has 1 N–H and O–H groups in total. The summed E-state index contributed by atoms with van der Waals surface area (Å²) in [6, 6.07) is 20.6. The Labute approximate surface area is 177 Å². The quantitative estimate of drug-likeness (QED) is 0.318. The fourth-order valence-corrected chi connectivity index (χ4v) is 3.37. The van der Waals surface area contributed by atoms with Gasteiger partial charge in [0.15, 0.2) is 0 Å². The molecule has 0 saturated carbocycles. The van der Waals surface area contributed by atoms with Crippen LogP contribution in [0.15, 0.2) is 60.7 Å². The highest BCUT2D eigenvalue weighted by Crippen LogP contribution is 2.12. The highest BCUT2D eigenvalue weighted by molar-refractivity contribution is 5.14. The Balaban J connectivity index is 1.31. The predicted molar refractivity (Wildman–Crippen MR) is 120 cm³/mol. The van der Waals surface area contributed by atoms with E-state index in [0.29, 0.717) is 13.2 Å². The van der Waals surface area contributed by atoms with Crippen molar-refractivity contribution in [2.75, 3.05) is 13.2 Å². The Hall–Kier alpha value is -1.68. The topological polar surface area (TPSA) is 38.7 Å². The molecule has 0 amide bonds. The lowest BCUT2D eigenvalue weighted by atomic mass is 10.0. The van der Waals surface area contributed by atoms with Crippen LogP contribution < -0.4 is 0 Å². The zero-order valence-electron chi connectivity index (χ0n) is 17.8. The lowest BCUT2D eigenvalue weighted by molar-refractivity contribution is 0.107. The van der Waals surface area contributed by atoms with E-state index in [-0.39, 0.29) is 6.10 Å². The molecule has 0 bridgehead atoms. The van der Waals surface area contributed by atoms with E-state index in [1.54, 1.807) is 0 Å². The Morgan fingerprint density at radius 2 is 0.966 bits per heavy atom. The summed E-state index contributed by atoms with van der Waals surface area (Å²) >= 11 is 0. The number of hydrogen-bond donors (Lipinski definition) is 1. The van der Waals surface area contributed by atoms with Gasteiger partial charge in [-0.15, -0.1) is 0 Å². The van der Waals surface area contributed by atoms with Crippen LogP contribution in [-0.4, -0.2) is 24.4 Å². The van der Waals surface area contributed by atoms with Crippen molar-refractivity contribution in [3.05, 3.63) is 71.8 Å². The third kappa shape index (κ3) is 12.5. The number of aliphatic hydroxyl groups is 1. The van der Waals surface area contributed by atoms with Crippen molar-refractivity contribution in [2.24, 2.45) is 0 Å². The van der Waals surface area contributed by atoms with Crippen LogP contribution in [0.1, 0.15) is 68.9 Å². The molecule has 1 unspecified atom stereocenters. The standard InChI is InChI=1S/C26H38O3/c27-26(19-11-13-21-29-23-25-16-8-5-9-17-25)18-10-2-1-3-12-20-28-22-24-14-6-4-7-15-24/h4-9,14-17,26-27H,1-3,10-13,18-23H2. The smallest absolute Gasteiger partial charge is 0.0716 e. The second kappa shape index (κ2) is 16.2. The van der Waals surface area contributed by atoms with Crippen LogP contribution in [0, 0.1) is 0 Å². The molecule has 0 aliphatic heterocycles. The maximum absolute atomic E-state index is 10.1. The summed E-state index contributed by atoms with van der Waals surface area (Å²) in [5.41, 5.74) is 2.46. The highest BCUT2D eigenvalue weighted by atomic mass is 16.5. The van der Waals surface area contributed by atoms with Gasteiger partial charge in [-0.3, -0.25) is 0 Å². The zero-order chi connectivity index (χ0) is 20.4. The molecule has 0 radical (unpaired) electrons. The average Bonchev–Trinajstić information content (AvgIpc) is 2.76. The Morgan fingerprint density at radius 3 is 1.52 bits per heavy atom. The normalized spacial score (nSPS) is 12.2. The van der Waals surface area contributed by atoms with Gasteiger partial charge in [0.25, 0.3) is 0 Å². The summed E-state index contributed by atoms with van der Waals surface area (Å²) in [5, 5.41) is 10.1. The molecule has 2 rings (SSSR count). The van der Waals surface area contributed by atoms with Gasteiger partial charge in [-0.2, -0.15) is 0 Å². The summed E-state index contributed by atoms with van der Waals surface area (Å²) in [6.07, 6.45) is 9.61. The van der Waals surface area contributed by atoms with Crippen molar-refractivity contribution >= 4 is 0 Å². The highest BCUT2D eigenvalue weighted by Gasteiger charge is 2.04. The second-order valence-corrected chi connectivity index (χ2v) is 7.78. The third-order valence-electron chi connectivity index (χ3n) is 5.13. The maximum atomic E-state index is 10.1. The van der Waals surface area contributed by atoms with Gasteiger partial charge in [-0.1, -0.05) is 86.3 Å². The number of hydrogen-bond acceptors (Lipinski definition) is 3. The molecular weight excluding hydrogens is 360 g/mol. The van der Waals surface area contributed by atoms with Crippen LogP contribution in [0.3, 0.4) is 0 Å². The van der Waals surface area contributed by atoms with Crippen molar-refractivity contribution in [3.63, 3.8) is 0 Å². The molecule has 0 fully saturated rings. The third-order valence-corrected chi connectivity index (χ3v) is 5.13. The van der Waals surface area contributed by atoms with Crippen molar-refractivity contribution in [1.82, 2.24) is 0 Å². The first-order chi connectivity index (χ1) is 14.3. The molecule has 0 aliphatic carbocycles. The van der Waals surface area contributed by atoms with Gasteiger partial charge in [0.2, 0.25) is 0 Å². The SMILES string of the molecule is OC(CCCCCCCOCc1ccccc1)CCCCOCc1ccccc1. The van der Waals surface area contributed by atoms with Crippen LogP contribution in [0.5, 0.6) is 0 Å². The van der Waals surface area contributed by atoms with Crippen LogP contribution in [-0.2, 0) is 22.7 Å². The number of unbranched alkanes of at least 4 members (excludes halogenated alkanes) is 5. The van der Waals surface area contributed by atoms with E-state index in [0.717, 1.165) is 51.7 Å². The zero-order valence-corrected chi connectivity index (χ0v) is 17.8. The molecular formula is C26H38O3. The van der Waals surface area contributed by atoms with Gasteiger partial charge >= 0.3 is 0 Å². The van der Waals surface area contributed by atoms with Crippen LogP contribution >= 0.6 is 0 Å². The fourth-order valence-electron chi connectivity index (χ4n) is 3.37. The first-order valence-corrected chi connectivity index (χ1v) is 11.3. The molecule has 2 aromatic carbocycles. The molecule has 0 aromatic heterocycles. The van der Waals surface area contributed by atoms with Gasteiger partial charge in [-0.25, -0.2) is 0 Å². The van der Waals surface area contributed by atoms with Crippen molar-refractivity contribution < 1.29 is 14.6 Å². The first-order valence-electron chi connectivity index (χ1n) is 11.3. The summed E-state index contributed by atoms with van der Waals surface area (Å²) in [7, 11) is 0. The monoisotopic (exact) mass is 398 g/mol. The van der Waals surface area contributed by atoms with Crippen LogP contribution in [0.2, 0.25) is 0 Å². The molecule has 2 aromatic rings.